The summed E-state index contributed by atoms with van der Waals surface area (Å²) < 4.78 is 6.35. The van der Waals surface area contributed by atoms with Crippen LogP contribution in [0.1, 0.15) is 47.0 Å². The van der Waals surface area contributed by atoms with E-state index in [-0.39, 0.29) is 4.93 Å². The van der Waals surface area contributed by atoms with Gasteiger partial charge in [-0.2, -0.15) is 0 Å². The molecule has 3 rings (SSSR count). The van der Waals surface area contributed by atoms with E-state index in [1.165, 1.54) is 25.0 Å². The van der Waals surface area contributed by atoms with E-state index in [1.807, 2.05) is 0 Å². The molecule has 15 heavy (non-hydrogen) atoms. The summed E-state index contributed by atoms with van der Waals surface area (Å²) in [5, 5.41) is 0. The molecule has 0 amide bonds. The van der Waals surface area contributed by atoms with Crippen LogP contribution in [0.2, 0.25) is 0 Å². The van der Waals surface area contributed by atoms with Crippen molar-refractivity contribution in [3.8, 4) is 0 Å². The summed E-state index contributed by atoms with van der Waals surface area (Å²) in [4.78, 5) is 0.166. The Morgan fingerprint density at radius 3 is 2.40 bits per heavy atom. The Morgan fingerprint density at radius 1 is 1.27 bits per heavy atom. The molecule has 2 aliphatic carbocycles. The van der Waals surface area contributed by atoms with Gasteiger partial charge in [0.05, 0.1) is 6.10 Å². The smallest absolute Gasteiger partial charge is 0.120 e. The van der Waals surface area contributed by atoms with Gasteiger partial charge in [-0.3, -0.25) is 0 Å². The third-order valence-electron chi connectivity index (χ3n) is 5.73. The molecule has 2 heteroatoms. The zero-order valence-corrected chi connectivity index (χ0v) is 11.1. The van der Waals surface area contributed by atoms with Crippen LogP contribution in [0.4, 0.5) is 0 Å². The number of hydrogen-bond acceptors (Lipinski definition) is 2. The Balaban J connectivity index is 2.02. The molecular weight excluding hydrogens is 204 g/mol. The highest BCUT2D eigenvalue weighted by atomic mass is 32.2. The first-order chi connectivity index (χ1) is 6.91. The monoisotopic (exact) mass is 226 g/mol. The van der Waals surface area contributed by atoms with E-state index in [0.29, 0.717) is 16.9 Å². The third kappa shape index (κ3) is 1.01. The van der Waals surface area contributed by atoms with E-state index < -0.39 is 0 Å². The van der Waals surface area contributed by atoms with Crippen LogP contribution in [0.3, 0.4) is 0 Å². The van der Waals surface area contributed by atoms with E-state index in [2.05, 4.69) is 39.5 Å². The van der Waals surface area contributed by atoms with E-state index in [9.17, 15) is 0 Å². The minimum Gasteiger partial charge on any atom is -0.360 e. The van der Waals surface area contributed by atoms with Gasteiger partial charge in [0.2, 0.25) is 0 Å². The van der Waals surface area contributed by atoms with Gasteiger partial charge in [-0.25, -0.2) is 0 Å². The number of fused-ring (bicyclic) bond motifs is 3. The van der Waals surface area contributed by atoms with E-state index in [1.54, 1.807) is 0 Å². The maximum atomic E-state index is 6.35. The minimum absolute atomic E-state index is 0.166. The lowest BCUT2D eigenvalue weighted by atomic mass is 9.69. The topological polar surface area (TPSA) is 9.23 Å². The Hall–Kier alpha value is 0.310. The van der Waals surface area contributed by atoms with Crippen LogP contribution in [0.15, 0.2) is 0 Å². The maximum Gasteiger partial charge on any atom is 0.120 e. The molecule has 3 aliphatic rings. The summed E-state index contributed by atoms with van der Waals surface area (Å²) in [7, 11) is 0. The molecule has 0 unspecified atom stereocenters. The summed E-state index contributed by atoms with van der Waals surface area (Å²) in [5.41, 5.74) is 0.879. The molecule has 1 nitrogen and oxygen atoms in total. The SMILES string of the molecule is C[C@H]1CS[C@]2(C[C@H]3CC[C@]2(C)C3(C)C)O1. The second-order valence-corrected chi connectivity index (χ2v) is 7.77. The Bertz CT molecular complexity index is 301. The summed E-state index contributed by atoms with van der Waals surface area (Å²) in [6, 6.07) is 0. The standard InChI is InChI=1S/C13H22OS/c1-9-8-15-13(14-9)7-10-5-6-12(13,4)11(10,2)3/h9-10H,5-8H2,1-4H3/t9-,10+,12+,13-/m0/s1. The molecule has 1 saturated heterocycles. The Labute approximate surface area is 97.3 Å². The van der Waals surface area contributed by atoms with Crippen LogP contribution >= 0.6 is 11.8 Å². The van der Waals surface area contributed by atoms with Gasteiger partial charge in [0.15, 0.2) is 0 Å². The van der Waals surface area contributed by atoms with Crippen molar-refractivity contribution in [3.63, 3.8) is 0 Å². The van der Waals surface area contributed by atoms with E-state index in [4.69, 9.17) is 4.74 Å². The van der Waals surface area contributed by atoms with Crippen LogP contribution in [0.5, 0.6) is 0 Å². The minimum atomic E-state index is 0.166. The van der Waals surface area contributed by atoms with Gasteiger partial charge in [-0.15, -0.1) is 11.8 Å². The number of hydrogen-bond donors (Lipinski definition) is 0. The van der Waals surface area contributed by atoms with Crippen molar-refractivity contribution in [1.29, 1.82) is 0 Å². The van der Waals surface area contributed by atoms with Gasteiger partial charge in [-0.1, -0.05) is 20.8 Å². The highest BCUT2D eigenvalue weighted by molar-refractivity contribution is 8.00. The zero-order valence-electron chi connectivity index (χ0n) is 10.3. The largest absolute Gasteiger partial charge is 0.360 e. The average Bonchev–Trinajstić information content (AvgIpc) is 2.66. The zero-order chi connectivity index (χ0) is 10.9. The third-order valence-corrected chi connectivity index (χ3v) is 7.55. The quantitative estimate of drug-likeness (QED) is 0.623. The van der Waals surface area contributed by atoms with Gasteiger partial charge in [-0.05, 0) is 37.5 Å². The lowest BCUT2D eigenvalue weighted by Gasteiger charge is -2.45. The molecule has 2 saturated carbocycles. The van der Waals surface area contributed by atoms with Gasteiger partial charge >= 0.3 is 0 Å². The average molecular weight is 226 g/mol. The molecule has 0 aromatic heterocycles. The number of ether oxygens (including phenoxy) is 1. The van der Waals surface area contributed by atoms with Gasteiger partial charge in [0.25, 0.3) is 0 Å². The molecular formula is C13H22OS. The predicted molar refractivity (Wildman–Crippen MR) is 65.0 cm³/mol. The molecule has 0 N–H and O–H groups in total. The second-order valence-electron chi connectivity index (χ2n) is 6.49. The van der Waals surface area contributed by atoms with Gasteiger partial charge in [0.1, 0.15) is 4.93 Å². The summed E-state index contributed by atoms with van der Waals surface area (Å²) in [6.45, 7) is 9.63. The first-order valence-corrected chi connectivity index (χ1v) is 7.22. The number of thioether (sulfide) groups is 1. The van der Waals surface area contributed by atoms with E-state index in [0.717, 1.165) is 5.92 Å². The van der Waals surface area contributed by atoms with Crippen LogP contribution in [-0.4, -0.2) is 16.8 Å². The van der Waals surface area contributed by atoms with Crippen LogP contribution in [0, 0.1) is 16.7 Å². The molecule has 1 aliphatic heterocycles. The Morgan fingerprint density at radius 2 is 2.00 bits per heavy atom. The van der Waals surface area contributed by atoms with E-state index >= 15 is 0 Å². The molecule has 1 spiro atoms. The molecule has 0 radical (unpaired) electrons. The normalized spacial score (nSPS) is 56.8. The molecule has 3 fully saturated rings. The fraction of sp³-hybridized carbons (Fsp3) is 1.00. The van der Waals surface area contributed by atoms with Gasteiger partial charge in [0, 0.05) is 11.2 Å². The maximum absolute atomic E-state index is 6.35. The van der Waals surface area contributed by atoms with Crippen molar-refractivity contribution in [2.24, 2.45) is 16.7 Å². The lowest BCUT2D eigenvalue weighted by Crippen LogP contribution is -2.45. The molecule has 4 atom stereocenters. The van der Waals surface area contributed by atoms with Crippen LogP contribution in [0.25, 0.3) is 0 Å². The highest BCUT2D eigenvalue weighted by Crippen LogP contribution is 2.74. The number of rotatable bonds is 0. The van der Waals surface area contributed by atoms with Gasteiger partial charge < -0.3 is 4.74 Å². The predicted octanol–water partition coefficient (Wildman–Crippen LogP) is 3.68. The summed E-state index contributed by atoms with van der Waals surface area (Å²) >= 11 is 2.10. The molecule has 2 bridgehead atoms. The summed E-state index contributed by atoms with van der Waals surface area (Å²) in [6.07, 6.45) is 4.54. The van der Waals surface area contributed by atoms with Crippen molar-refractivity contribution in [2.45, 2.75) is 58.0 Å². The molecule has 1 heterocycles. The fourth-order valence-corrected chi connectivity index (χ4v) is 6.03. The van der Waals surface area contributed by atoms with Crippen LogP contribution in [-0.2, 0) is 4.74 Å². The lowest BCUT2D eigenvalue weighted by molar-refractivity contribution is -0.0852. The van der Waals surface area contributed by atoms with Crippen molar-refractivity contribution in [1.82, 2.24) is 0 Å². The molecule has 0 aromatic carbocycles. The van der Waals surface area contributed by atoms with Crippen molar-refractivity contribution >= 4 is 11.8 Å². The Kier molecular flexibility index (Phi) is 1.92. The van der Waals surface area contributed by atoms with Crippen molar-refractivity contribution < 1.29 is 4.74 Å². The second kappa shape index (κ2) is 2.76. The van der Waals surface area contributed by atoms with Crippen molar-refractivity contribution in [3.05, 3.63) is 0 Å². The fourth-order valence-electron chi connectivity index (χ4n) is 4.23. The molecule has 86 valence electrons. The summed E-state index contributed by atoms with van der Waals surface area (Å²) in [5.74, 6) is 2.08. The first-order valence-electron chi connectivity index (χ1n) is 6.23. The van der Waals surface area contributed by atoms with Crippen molar-refractivity contribution in [2.75, 3.05) is 5.75 Å². The van der Waals surface area contributed by atoms with Crippen LogP contribution < -0.4 is 0 Å². The highest BCUT2D eigenvalue weighted by Gasteiger charge is 2.71. The molecule has 0 aromatic rings. The first kappa shape index (κ1) is 10.5.